The Morgan fingerprint density at radius 3 is 2.53 bits per heavy atom. The third-order valence-electron chi connectivity index (χ3n) is 5.81. The quantitative estimate of drug-likeness (QED) is 0.454. The van der Waals surface area contributed by atoms with Gasteiger partial charge in [0.15, 0.2) is 4.80 Å². The second-order valence-corrected chi connectivity index (χ2v) is 9.78. The Kier molecular flexibility index (Phi) is 7.45. The van der Waals surface area contributed by atoms with E-state index in [9.17, 15) is 9.59 Å². The van der Waals surface area contributed by atoms with Crippen molar-refractivity contribution in [2.24, 2.45) is 4.99 Å². The molecule has 2 heterocycles. The van der Waals surface area contributed by atoms with Gasteiger partial charge in [-0.25, -0.2) is 9.79 Å². The van der Waals surface area contributed by atoms with Crippen LogP contribution in [0.2, 0.25) is 0 Å². The number of ether oxygens (including phenoxy) is 3. The van der Waals surface area contributed by atoms with Crippen LogP contribution >= 0.6 is 11.3 Å². The van der Waals surface area contributed by atoms with Gasteiger partial charge < -0.3 is 14.2 Å². The first-order valence-electron chi connectivity index (χ1n) is 11.8. The van der Waals surface area contributed by atoms with E-state index in [1.807, 2.05) is 69.3 Å². The van der Waals surface area contributed by atoms with Crippen molar-refractivity contribution < 1.29 is 19.0 Å². The summed E-state index contributed by atoms with van der Waals surface area (Å²) in [4.78, 5) is 31.9. The fraction of sp³-hybridized carbons (Fsp3) is 0.321. The molecule has 8 heteroatoms. The molecule has 0 amide bonds. The predicted octanol–water partition coefficient (Wildman–Crippen LogP) is 3.90. The summed E-state index contributed by atoms with van der Waals surface area (Å²) in [7, 11) is 1.60. The van der Waals surface area contributed by atoms with Crippen molar-refractivity contribution in [3.63, 3.8) is 0 Å². The second kappa shape index (κ2) is 10.5. The highest BCUT2D eigenvalue weighted by atomic mass is 32.1. The average molecular weight is 507 g/mol. The maximum atomic E-state index is 13.7. The highest BCUT2D eigenvalue weighted by Crippen LogP contribution is 2.33. The zero-order chi connectivity index (χ0) is 26.0. The van der Waals surface area contributed by atoms with Crippen LogP contribution in [-0.2, 0) is 9.53 Å². The number of carbonyl (C=O) groups is 1. The van der Waals surface area contributed by atoms with Crippen LogP contribution in [0.25, 0.3) is 6.08 Å². The lowest BCUT2D eigenvalue weighted by molar-refractivity contribution is -0.139. The minimum absolute atomic E-state index is 0.0803. The number of aryl methyl sites for hydroxylation is 1. The van der Waals surface area contributed by atoms with E-state index in [-0.39, 0.29) is 18.3 Å². The molecule has 0 radical (unpaired) electrons. The molecule has 1 unspecified atom stereocenters. The molecular formula is C28H30N2O5S. The van der Waals surface area contributed by atoms with Gasteiger partial charge in [0.2, 0.25) is 0 Å². The molecule has 0 spiro atoms. The summed E-state index contributed by atoms with van der Waals surface area (Å²) in [6.45, 7) is 9.64. The van der Waals surface area contributed by atoms with Gasteiger partial charge in [-0.05, 0) is 75.6 Å². The highest BCUT2D eigenvalue weighted by molar-refractivity contribution is 7.07. The number of fused-ring (bicyclic) bond motifs is 1. The Morgan fingerprint density at radius 2 is 1.89 bits per heavy atom. The molecular weight excluding hydrogens is 476 g/mol. The SMILES string of the molecule is CCOC(=O)C1=C(C)N=c2sc(=Cc3ccc(OC(C)C)cc3)c(=O)n2C1c1ccc(C)c(OC)c1. The molecule has 0 aliphatic carbocycles. The van der Waals surface area contributed by atoms with Gasteiger partial charge >= 0.3 is 5.97 Å². The van der Waals surface area contributed by atoms with Gasteiger partial charge in [-0.1, -0.05) is 35.6 Å². The number of aromatic nitrogens is 1. The minimum Gasteiger partial charge on any atom is -0.496 e. The Bertz CT molecular complexity index is 1500. The third kappa shape index (κ3) is 4.99. The van der Waals surface area contributed by atoms with E-state index < -0.39 is 12.0 Å². The van der Waals surface area contributed by atoms with E-state index in [0.717, 1.165) is 22.4 Å². The molecule has 1 aliphatic rings. The fourth-order valence-corrected chi connectivity index (χ4v) is 5.23. The zero-order valence-corrected chi connectivity index (χ0v) is 22.1. The first-order valence-corrected chi connectivity index (χ1v) is 12.7. The molecule has 0 saturated carbocycles. The van der Waals surface area contributed by atoms with Gasteiger partial charge in [-0.3, -0.25) is 9.36 Å². The summed E-state index contributed by atoms with van der Waals surface area (Å²) < 4.78 is 18.7. The normalized spacial score (nSPS) is 15.5. The second-order valence-electron chi connectivity index (χ2n) is 8.77. The molecule has 1 atom stereocenters. The van der Waals surface area contributed by atoms with Crippen LogP contribution in [0.15, 0.2) is 63.5 Å². The van der Waals surface area contributed by atoms with Crippen molar-refractivity contribution in [2.45, 2.75) is 46.8 Å². The Hall–Kier alpha value is -3.65. The Balaban J connectivity index is 1.88. The number of carbonyl (C=O) groups excluding carboxylic acids is 1. The molecule has 4 rings (SSSR count). The van der Waals surface area contributed by atoms with E-state index in [1.165, 1.54) is 11.3 Å². The van der Waals surface area contributed by atoms with Crippen molar-refractivity contribution in [3.05, 3.63) is 90.1 Å². The van der Waals surface area contributed by atoms with Gasteiger partial charge in [0.25, 0.3) is 5.56 Å². The number of methoxy groups -OCH3 is 1. The molecule has 0 saturated heterocycles. The summed E-state index contributed by atoms with van der Waals surface area (Å²) >= 11 is 1.29. The van der Waals surface area contributed by atoms with Crippen molar-refractivity contribution in [2.75, 3.05) is 13.7 Å². The van der Waals surface area contributed by atoms with Crippen LogP contribution in [0, 0.1) is 6.92 Å². The first-order chi connectivity index (χ1) is 17.2. The molecule has 188 valence electrons. The first kappa shape index (κ1) is 25.4. The van der Waals surface area contributed by atoms with E-state index >= 15 is 0 Å². The summed E-state index contributed by atoms with van der Waals surface area (Å²) in [5.41, 5.74) is 3.22. The van der Waals surface area contributed by atoms with Crippen LogP contribution in [0.4, 0.5) is 0 Å². The predicted molar refractivity (Wildman–Crippen MR) is 140 cm³/mol. The van der Waals surface area contributed by atoms with Gasteiger partial charge in [-0.2, -0.15) is 0 Å². The number of rotatable bonds is 7. The minimum atomic E-state index is -0.682. The maximum absolute atomic E-state index is 13.7. The van der Waals surface area contributed by atoms with Crippen molar-refractivity contribution >= 4 is 23.4 Å². The number of esters is 1. The number of nitrogens with zero attached hydrogens (tertiary/aromatic N) is 2. The average Bonchev–Trinajstić information content (AvgIpc) is 3.14. The maximum Gasteiger partial charge on any atom is 0.338 e. The van der Waals surface area contributed by atoms with Crippen LogP contribution in [0.3, 0.4) is 0 Å². The fourth-order valence-electron chi connectivity index (χ4n) is 4.18. The summed E-state index contributed by atoms with van der Waals surface area (Å²) in [5, 5.41) is 0. The largest absolute Gasteiger partial charge is 0.496 e. The molecule has 2 aromatic carbocycles. The number of allylic oxidation sites excluding steroid dienone is 1. The summed E-state index contributed by atoms with van der Waals surface area (Å²) in [6, 6.07) is 12.6. The van der Waals surface area contributed by atoms with Crippen LogP contribution in [-0.4, -0.2) is 30.4 Å². The molecule has 1 aromatic heterocycles. The van der Waals surface area contributed by atoms with E-state index in [2.05, 4.69) is 4.99 Å². The number of hydrogen-bond acceptors (Lipinski definition) is 7. The molecule has 3 aromatic rings. The topological polar surface area (TPSA) is 79.1 Å². The lowest BCUT2D eigenvalue weighted by atomic mass is 9.95. The molecule has 0 fully saturated rings. The molecule has 0 N–H and O–H groups in total. The van der Waals surface area contributed by atoms with E-state index in [0.29, 0.717) is 26.4 Å². The van der Waals surface area contributed by atoms with E-state index in [1.54, 1.807) is 25.5 Å². The van der Waals surface area contributed by atoms with Crippen LogP contribution in [0.1, 0.15) is 50.4 Å². The van der Waals surface area contributed by atoms with E-state index in [4.69, 9.17) is 14.2 Å². The lowest BCUT2D eigenvalue weighted by Gasteiger charge is -2.25. The summed E-state index contributed by atoms with van der Waals surface area (Å²) in [5.74, 6) is 0.959. The number of thiazole rings is 1. The number of benzene rings is 2. The Morgan fingerprint density at radius 1 is 1.17 bits per heavy atom. The zero-order valence-electron chi connectivity index (χ0n) is 21.3. The van der Waals surface area contributed by atoms with Crippen molar-refractivity contribution in [3.8, 4) is 11.5 Å². The molecule has 1 aliphatic heterocycles. The lowest BCUT2D eigenvalue weighted by Crippen LogP contribution is -2.40. The molecule has 7 nitrogen and oxygen atoms in total. The van der Waals surface area contributed by atoms with Crippen molar-refractivity contribution in [1.82, 2.24) is 4.57 Å². The molecule has 36 heavy (non-hydrogen) atoms. The Labute approximate surface area is 214 Å². The van der Waals surface area contributed by atoms with Crippen molar-refractivity contribution in [1.29, 1.82) is 0 Å². The van der Waals surface area contributed by atoms with Gasteiger partial charge in [0, 0.05) is 0 Å². The third-order valence-corrected chi connectivity index (χ3v) is 6.80. The van der Waals surface area contributed by atoms with Gasteiger partial charge in [-0.15, -0.1) is 0 Å². The smallest absolute Gasteiger partial charge is 0.338 e. The number of hydrogen-bond donors (Lipinski definition) is 0. The van der Waals surface area contributed by atoms with Crippen LogP contribution < -0.4 is 24.4 Å². The van der Waals surface area contributed by atoms with Gasteiger partial charge in [0.1, 0.15) is 11.5 Å². The highest BCUT2D eigenvalue weighted by Gasteiger charge is 2.33. The molecule has 0 bridgehead atoms. The standard InChI is InChI=1S/C28H30N2O5S/c1-7-34-27(32)24-18(5)29-28-30(25(24)20-11-8-17(4)22(15-20)33-6)26(31)23(36-28)14-19-9-12-21(13-10-19)35-16(2)3/h8-16,25H,7H2,1-6H3. The monoisotopic (exact) mass is 506 g/mol. The van der Waals surface area contributed by atoms with Crippen LogP contribution in [0.5, 0.6) is 11.5 Å². The van der Waals surface area contributed by atoms with Gasteiger partial charge in [0.05, 0.1) is 41.7 Å². The summed E-state index contributed by atoms with van der Waals surface area (Å²) in [6.07, 6.45) is 1.91.